The second-order valence-corrected chi connectivity index (χ2v) is 7.10. The van der Waals surface area contributed by atoms with Crippen LogP contribution < -0.4 is 14.8 Å². The Kier molecular flexibility index (Phi) is 3.98. The molecule has 1 amide bonds. The molecule has 0 saturated carbocycles. The van der Waals surface area contributed by atoms with E-state index >= 15 is 0 Å². The van der Waals surface area contributed by atoms with Gasteiger partial charge in [-0.05, 0) is 55.3 Å². The minimum atomic E-state index is -0.200. The third kappa shape index (κ3) is 3.08. The third-order valence-corrected chi connectivity index (χ3v) is 5.09. The van der Waals surface area contributed by atoms with Crippen LogP contribution in [0.4, 0.5) is 5.69 Å². The number of ether oxygens (including phenoxy) is 2. The molecule has 2 aromatic carbocycles. The first-order valence-electron chi connectivity index (χ1n) is 9.35. The van der Waals surface area contributed by atoms with Crippen molar-refractivity contribution in [1.82, 2.24) is 9.38 Å². The number of carbonyl (C=O) groups is 1. The van der Waals surface area contributed by atoms with Crippen LogP contribution in [0.25, 0.3) is 16.9 Å². The van der Waals surface area contributed by atoms with Crippen molar-refractivity contribution in [3.8, 4) is 22.8 Å². The first-order chi connectivity index (χ1) is 14.1. The van der Waals surface area contributed by atoms with Crippen molar-refractivity contribution >= 4 is 17.2 Å². The van der Waals surface area contributed by atoms with Gasteiger partial charge < -0.3 is 19.2 Å². The van der Waals surface area contributed by atoms with Crippen molar-refractivity contribution in [2.45, 2.75) is 13.8 Å². The smallest absolute Gasteiger partial charge is 0.255 e. The zero-order valence-electron chi connectivity index (χ0n) is 16.1. The van der Waals surface area contributed by atoms with Crippen molar-refractivity contribution in [3.63, 3.8) is 0 Å². The van der Waals surface area contributed by atoms with Gasteiger partial charge in [0.1, 0.15) is 5.65 Å². The summed E-state index contributed by atoms with van der Waals surface area (Å²) in [5, 5.41) is 3.00. The number of anilines is 1. The standard InChI is InChI=1S/C23H19N3O3/c1-14-5-6-16(19-12-26-9-3-4-15(2)22(26)24-19)10-18(14)25-23(27)17-7-8-20-21(11-17)29-13-28-20/h3-12H,13H2,1-2H3,(H,25,27). The topological polar surface area (TPSA) is 64.9 Å². The normalized spacial score (nSPS) is 12.3. The van der Waals surface area contributed by atoms with E-state index in [-0.39, 0.29) is 12.7 Å². The van der Waals surface area contributed by atoms with Crippen LogP contribution in [-0.4, -0.2) is 22.1 Å². The second-order valence-electron chi connectivity index (χ2n) is 7.10. The molecule has 0 bridgehead atoms. The summed E-state index contributed by atoms with van der Waals surface area (Å²) in [6.45, 7) is 4.19. The van der Waals surface area contributed by atoms with Gasteiger partial charge in [0.05, 0.1) is 5.69 Å². The molecular weight excluding hydrogens is 366 g/mol. The largest absolute Gasteiger partial charge is 0.454 e. The van der Waals surface area contributed by atoms with Gasteiger partial charge in [-0.2, -0.15) is 0 Å². The van der Waals surface area contributed by atoms with E-state index in [0.717, 1.165) is 33.7 Å². The molecule has 1 aliphatic heterocycles. The number of nitrogens with zero attached hydrogens (tertiary/aromatic N) is 2. The fraction of sp³-hybridized carbons (Fsp3) is 0.130. The summed E-state index contributed by atoms with van der Waals surface area (Å²) in [4.78, 5) is 17.5. The summed E-state index contributed by atoms with van der Waals surface area (Å²) in [6, 6.07) is 15.2. The average Bonchev–Trinajstić information content (AvgIpc) is 3.36. The van der Waals surface area contributed by atoms with Crippen LogP contribution >= 0.6 is 0 Å². The summed E-state index contributed by atoms with van der Waals surface area (Å²) < 4.78 is 12.7. The first-order valence-corrected chi connectivity index (χ1v) is 9.35. The molecule has 1 aliphatic rings. The maximum absolute atomic E-state index is 12.8. The summed E-state index contributed by atoms with van der Waals surface area (Å²) in [5.74, 6) is 1.04. The number of carbonyl (C=O) groups excluding carboxylic acids is 1. The number of benzene rings is 2. The number of rotatable bonds is 3. The second kappa shape index (κ2) is 6.67. The van der Waals surface area contributed by atoms with Gasteiger partial charge in [0.25, 0.3) is 5.91 Å². The molecule has 0 spiro atoms. The van der Waals surface area contributed by atoms with Gasteiger partial charge in [-0.1, -0.05) is 18.2 Å². The molecule has 0 fully saturated rings. The number of nitrogens with one attached hydrogen (secondary N) is 1. The van der Waals surface area contributed by atoms with Crippen LogP contribution in [0.3, 0.4) is 0 Å². The van der Waals surface area contributed by atoms with E-state index in [1.807, 2.05) is 61.0 Å². The summed E-state index contributed by atoms with van der Waals surface area (Å²) in [7, 11) is 0. The molecule has 0 saturated heterocycles. The van der Waals surface area contributed by atoms with E-state index in [4.69, 9.17) is 14.5 Å². The highest BCUT2D eigenvalue weighted by Gasteiger charge is 2.17. The molecular formula is C23H19N3O3. The molecule has 29 heavy (non-hydrogen) atoms. The van der Waals surface area contributed by atoms with Crippen molar-refractivity contribution in [2.75, 3.05) is 12.1 Å². The Balaban J connectivity index is 1.46. The van der Waals surface area contributed by atoms with E-state index in [1.165, 1.54) is 0 Å². The van der Waals surface area contributed by atoms with E-state index < -0.39 is 0 Å². The average molecular weight is 385 g/mol. The molecule has 6 heteroatoms. The lowest BCUT2D eigenvalue weighted by Crippen LogP contribution is -2.12. The molecule has 0 radical (unpaired) electrons. The van der Waals surface area contributed by atoms with Crippen LogP contribution in [0.2, 0.25) is 0 Å². The number of imidazole rings is 1. The Morgan fingerprint density at radius 3 is 2.76 bits per heavy atom. The van der Waals surface area contributed by atoms with Gasteiger partial charge >= 0.3 is 0 Å². The molecule has 6 nitrogen and oxygen atoms in total. The lowest BCUT2D eigenvalue weighted by Gasteiger charge is -2.10. The highest BCUT2D eigenvalue weighted by atomic mass is 16.7. The van der Waals surface area contributed by atoms with Gasteiger partial charge in [0.15, 0.2) is 11.5 Å². The molecule has 2 aromatic heterocycles. The number of hydrogen-bond acceptors (Lipinski definition) is 4. The van der Waals surface area contributed by atoms with Crippen LogP contribution in [-0.2, 0) is 0 Å². The fourth-order valence-corrected chi connectivity index (χ4v) is 3.44. The third-order valence-electron chi connectivity index (χ3n) is 5.09. The predicted molar refractivity (Wildman–Crippen MR) is 111 cm³/mol. The maximum Gasteiger partial charge on any atom is 0.255 e. The number of hydrogen-bond donors (Lipinski definition) is 1. The van der Waals surface area contributed by atoms with Crippen molar-refractivity contribution in [1.29, 1.82) is 0 Å². The summed E-state index contributed by atoms with van der Waals surface area (Å²) in [5.41, 5.74) is 6.08. The van der Waals surface area contributed by atoms with Crippen LogP contribution in [0.5, 0.6) is 11.5 Å². The first kappa shape index (κ1) is 17.3. The predicted octanol–water partition coefficient (Wildman–Crippen LogP) is 4.60. The van der Waals surface area contributed by atoms with E-state index in [0.29, 0.717) is 17.1 Å². The molecule has 144 valence electrons. The monoisotopic (exact) mass is 385 g/mol. The number of aryl methyl sites for hydroxylation is 2. The molecule has 0 atom stereocenters. The van der Waals surface area contributed by atoms with Gasteiger partial charge in [0, 0.05) is 29.2 Å². The van der Waals surface area contributed by atoms with E-state index in [2.05, 4.69) is 5.32 Å². The minimum absolute atomic E-state index is 0.181. The SMILES string of the molecule is Cc1ccc(-c2cn3cccc(C)c3n2)cc1NC(=O)c1ccc2c(c1)OCO2. The minimum Gasteiger partial charge on any atom is -0.454 e. The van der Waals surface area contributed by atoms with E-state index in [1.54, 1.807) is 18.2 Å². The highest BCUT2D eigenvalue weighted by Crippen LogP contribution is 2.33. The molecule has 4 aromatic rings. The quantitative estimate of drug-likeness (QED) is 0.560. The zero-order chi connectivity index (χ0) is 20.0. The molecule has 0 aliphatic carbocycles. The highest BCUT2D eigenvalue weighted by molar-refractivity contribution is 6.05. The molecule has 5 rings (SSSR count). The van der Waals surface area contributed by atoms with Crippen LogP contribution in [0.15, 0.2) is 60.9 Å². The number of pyridine rings is 1. The number of fused-ring (bicyclic) bond motifs is 2. The van der Waals surface area contributed by atoms with Gasteiger partial charge in [0.2, 0.25) is 6.79 Å². The van der Waals surface area contributed by atoms with Crippen molar-refractivity contribution < 1.29 is 14.3 Å². The summed E-state index contributed by atoms with van der Waals surface area (Å²) in [6.07, 6.45) is 3.98. The summed E-state index contributed by atoms with van der Waals surface area (Å²) >= 11 is 0. The Morgan fingerprint density at radius 2 is 1.90 bits per heavy atom. The number of amides is 1. The Labute approximate surface area is 167 Å². The van der Waals surface area contributed by atoms with E-state index in [9.17, 15) is 4.79 Å². The van der Waals surface area contributed by atoms with Gasteiger partial charge in [-0.25, -0.2) is 4.98 Å². The zero-order valence-corrected chi connectivity index (χ0v) is 16.1. The Bertz CT molecular complexity index is 1260. The molecule has 1 N–H and O–H groups in total. The van der Waals surface area contributed by atoms with Crippen molar-refractivity contribution in [2.24, 2.45) is 0 Å². The lowest BCUT2D eigenvalue weighted by molar-refractivity contribution is 0.102. The van der Waals surface area contributed by atoms with Crippen LogP contribution in [0, 0.1) is 13.8 Å². The Morgan fingerprint density at radius 1 is 1.03 bits per heavy atom. The Hall–Kier alpha value is -3.80. The lowest BCUT2D eigenvalue weighted by atomic mass is 10.1. The van der Waals surface area contributed by atoms with Crippen molar-refractivity contribution in [3.05, 3.63) is 77.6 Å². The fourth-order valence-electron chi connectivity index (χ4n) is 3.44. The number of aromatic nitrogens is 2. The maximum atomic E-state index is 12.8. The van der Waals surface area contributed by atoms with Gasteiger partial charge in [-0.15, -0.1) is 0 Å². The molecule has 3 heterocycles. The van der Waals surface area contributed by atoms with Crippen LogP contribution in [0.1, 0.15) is 21.5 Å². The van der Waals surface area contributed by atoms with Gasteiger partial charge in [-0.3, -0.25) is 4.79 Å². The molecule has 0 unspecified atom stereocenters.